The number of ether oxygens (including phenoxy) is 3. The number of rotatable bonds is 9. The van der Waals surface area contributed by atoms with Gasteiger partial charge in [-0.1, -0.05) is 6.92 Å². The fraction of sp³-hybridized carbons (Fsp3) is 1.00. The molecule has 9 heteroatoms. The van der Waals surface area contributed by atoms with E-state index in [2.05, 4.69) is 26.7 Å². The van der Waals surface area contributed by atoms with Crippen LogP contribution in [-0.2, 0) is 23.3 Å². The van der Waals surface area contributed by atoms with E-state index in [0.29, 0.717) is 12.6 Å². The molecule has 7 atom stereocenters. The van der Waals surface area contributed by atoms with Gasteiger partial charge in [-0.2, -0.15) is 0 Å². The Morgan fingerprint density at radius 1 is 1.26 bits per heavy atom. The minimum atomic E-state index is -1.15. The molecule has 0 radical (unpaired) electrons. The summed E-state index contributed by atoms with van der Waals surface area (Å²) in [6.45, 7) is 4.69. The Kier molecular flexibility index (Phi) is 8.29. The minimum absolute atomic E-state index is 0.0258. The first-order chi connectivity index (χ1) is 11.1. The monoisotopic (exact) mass is 345 g/mol. The zero-order chi connectivity index (χ0) is 16.8. The van der Waals surface area contributed by atoms with Gasteiger partial charge in [0.15, 0.2) is 0 Å². The van der Waals surface area contributed by atoms with Crippen molar-refractivity contribution in [3.63, 3.8) is 0 Å². The van der Waals surface area contributed by atoms with Crippen LogP contribution >= 0.6 is 8.53 Å². The first-order valence-electron chi connectivity index (χ1n) is 8.72. The van der Waals surface area contributed by atoms with E-state index >= 15 is 0 Å². The average Bonchev–Trinajstić information content (AvgIpc) is 3.13. The van der Waals surface area contributed by atoms with Crippen molar-refractivity contribution < 1.29 is 23.3 Å². The number of hydrogen-bond donors (Lipinski definition) is 1. The maximum Gasteiger partial charge on any atom is 0.256 e. The molecule has 0 aliphatic carbocycles. The van der Waals surface area contributed by atoms with Crippen LogP contribution in [0.3, 0.4) is 0 Å². The van der Waals surface area contributed by atoms with E-state index in [1.54, 1.807) is 7.11 Å². The molecule has 2 aliphatic rings. The largest absolute Gasteiger partial charge is 0.382 e. The van der Waals surface area contributed by atoms with Crippen molar-refractivity contribution >= 4 is 23.4 Å². The maximum atomic E-state index is 6.16. The second-order valence-electron chi connectivity index (χ2n) is 6.26. The van der Waals surface area contributed by atoms with Gasteiger partial charge in [0.25, 0.3) is 8.53 Å². The van der Waals surface area contributed by atoms with Crippen LogP contribution in [0.25, 0.3) is 0 Å². The standard InChI is InChI=1S/C14H30B2NO5P/c1-5-10-12(7-14(16-15)21-10)22-23(17-3)19-8-13-11(18-4)6-9(2)20-13/h9-14,16-17H,5-8,15H2,1-4H3/t9-,10+,11?,12?,13+,14+,23?/m0/s1. The normalized spacial score (nSPS) is 38.8. The average molecular weight is 345 g/mol. The SMILES string of the molecule is BB[C@H]1CC(OP(NC)OC[C@H]2O[C@@H](C)CC2OC)[C@@H](CC)O1. The first-order valence-corrected chi connectivity index (χ1v) is 9.89. The predicted octanol–water partition coefficient (Wildman–Crippen LogP) is 0.536. The molecule has 6 nitrogen and oxygen atoms in total. The molecular formula is C14H30B2NO5P. The lowest BCUT2D eigenvalue weighted by Crippen LogP contribution is -2.29. The molecule has 2 fully saturated rings. The second kappa shape index (κ2) is 9.71. The van der Waals surface area contributed by atoms with Crippen molar-refractivity contribution in [2.45, 2.75) is 69.6 Å². The van der Waals surface area contributed by atoms with Gasteiger partial charge in [0.05, 0.1) is 38.8 Å². The van der Waals surface area contributed by atoms with Gasteiger partial charge in [0.1, 0.15) is 13.3 Å². The van der Waals surface area contributed by atoms with E-state index in [-0.39, 0.29) is 30.5 Å². The summed E-state index contributed by atoms with van der Waals surface area (Å²) >= 11 is 0. The Morgan fingerprint density at radius 2 is 2.04 bits per heavy atom. The lowest BCUT2D eigenvalue weighted by atomic mass is 9.51. The Labute approximate surface area is 142 Å². The first kappa shape index (κ1) is 19.6. The van der Waals surface area contributed by atoms with Gasteiger partial charge < -0.3 is 23.3 Å². The van der Waals surface area contributed by atoms with Gasteiger partial charge in [0, 0.05) is 19.5 Å². The van der Waals surface area contributed by atoms with E-state index in [9.17, 15) is 0 Å². The minimum Gasteiger partial charge on any atom is -0.382 e. The number of nitrogens with one attached hydrogen (secondary N) is 1. The molecule has 0 aromatic rings. The third-order valence-electron chi connectivity index (χ3n) is 4.59. The zero-order valence-corrected chi connectivity index (χ0v) is 15.9. The highest BCUT2D eigenvalue weighted by atomic mass is 31.2. The molecule has 0 saturated carbocycles. The summed E-state index contributed by atoms with van der Waals surface area (Å²) in [5.74, 6) is 0. The van der Waals surface area contributed by atoms with Crippen LogP contribution in [0.2, 0.25) is 0 Å². The van der Waals surface area contributed by atoms with Crippen LogP contribution in [0.15, 0.2) is 0 Å². The maximum absolute atomic E-state index is 6.16. The lowest BCUT2D eigenvalue weighted by Gasteiger charge is -2.25. The third kappa shape index (κ3) is 5.40. The zero-order valence-electron chi connectivity index (χ0n) is 15.0. The van der Waals surface area contributed by atoms with Crippen LogP contribution in [0.5, 0.6) is 0 Å². The topological polar surface area (TPSA) is 58.2 Å². The molecule has 2 aliphatic heterocycles. The van der Waals surface area contributed by atoms with Crippen molar-refractivity contribution in [2.75, 3.05) is 20.8 Å². The van der Waals surface area contributed by atoms with Crippen molar-refractivity contribution in [3.05, 3.63) is 0 Å². The molecule has 2 saturated heterocycles. The van der Waals surface area contributed by atoms with Crippen molar-refractivity contribution in [1.29, 1.82) is 0 Å². The van der Waals surface area contributed by atoms with Gasteiger partial charge >= 0.3 is 0 Å². The summed E-state index contributed by atoms with van der Waals surface area (Å²) < 4.78 is 29.4. The molecule has 2 rings (SSSR count). The molecular weight excluding hydrogens is 315 g/mol. The van der Waals surface area contributed by atoms with Gasteiger partial charge in [-0.3, -0.25) is 5.09 Å². The van der Waals surface area contributed by atoms with E-state index in [1.165, 1.54) is 0 Å². The van der Waals surface area contributed by atoms with Gasteiger partial charge in [-0.15, -0.1) is 0 Å². The van der Waals surface area contributed by atoms with Crippen LogP contribution in [0.1, 0.15) is 33.1 Å². The van der Waals surface area contributed by atoms with E-state index in [0.717, 1.165) is 26.4 Å². The van der Waals surface area contributed by atoms with Gasteiger partial charge in [-0.05, 0) is 26.8 Å². The smallest absolute Gasteiger partial charge is 0.256 e. The Morgan fingerprint density at radius 3 is 2.65 bits per heavy atom. The molecule has 1 N–H and O–H groups in total. The molecule has 0 amide bonds. The number of methoxy groups -OCH3 is 1. The van der Waals surface area contributed by atoms with Crippen LogP contribution in [-0.4, -0.2) is 72.2 Å². The van der Waals surface area contributed by atoms with E-state index in [1.807, 2.05) is 7.05 Å². The molecule has 0 aromatic heterocycles. The molecule has 3 unspecified atom stereocenters. The Balaban J connectivity index is 1.81. The van der Waals surface area contributed by atoms with E-state index in [4.69, 9.17) is 23.3 Å². The van der Waals surface area contributed by atoms with Crippen LogP contribution in [0, 0.1) is 0 Å². The fourth-order valence-corrected chi connectivity index (χ4v) is 4.31. The highest BCUT2D eigenvalue weighted by Gasteiger charge is 2.37. The summed E-state index contributed by atoms with van der Waals surface area (Å²) in [4.78, 5) is 0. The Hall–Kier alpha value is 0.320. The molecule has 0 spiro atoms. The third-order valence-corrected chi connectivity index (χ3v) is 5.80. The number of hydrogen-bond acceptors (Lipinski definition) is 6. The van der Waals surface area contributed by atoms with Crippen LogP contribution in [0.4, 0.5) is 0 Å². The Bertz CT molecular complexity index is 357. The summed E-state index contributed by atoms with van der Waals surface area (Å²) in [6, 6.07) is 0.301. The summed E-state index contributed by atoms with van der Waals surface area (Å²) in [7, 11) is 5.63. The van der Waals surface area contributed by atoms with Crippen molar-refractivity contribution in [3.8, 4) is 0 Å². The highest BCUT2D eigenvalue weighted by molar-refractivity contribution is 7.44. The van der Waals surface area contributed by atoms with Gasteiger partial charge in [0.2, 0.25) is 0 Å². The summed E-state index contributed by atoms with van der Waals surface area (Å²) in [5, 5.41) is 3.14. The highest BCUT2D eigenvalue weighted by Crippen LogP contribution is 2.40. The fourth-order valence-electron chi connectivity index (χ4n) is 3.26. The molecule has 0 bridgehead atoms. The molecule has 132 valence electrons. The molecule has 0 aromatic carbocycles. The van der Waals surface area contributed by atoms with Crippen molar-refractivity contribution in [2.24, 2.45) is 0 Å². The second-order valence-corrected chi connectivity index (χ2v) is 7.69. The predicted molar refractivity (Wildman–Crippen MR) is 95.8 cm³/mol. The summed E-state index contributed by atoms with van der Waals surface area (Å²) in [6.07, 6.45) is 3.37. The van der Waals surface area contributed by atoms with Crippen LogP contribution < -0.4 is 5.09 Å². The molecule has 23 heavy (non-hydrogen) atoms. The molecule has 2 heterocycles. The van der Waals surface area contributed by atoms with Gasteiger partial charge in [-0.25, -0.2) is 0 Å². The lowest BCUT2D eigenvalue weighted by molar-refractivity contribution is -0.0277. The quantitative estimate of drug-likeness (QED) is 0.486. The summed E-state index contributed by atoms with van der Waals surface area (Å²) in [5.41, 5.74) is 0. The van der Waals surface area contributed by atoms with Crippen molar-refractivity contribution in [1.82, 2.24) is 5.09 Å². The van der Waals surface area contributed by atoms with E-state index < -0.39 is 8.53 Å².